The summed E-state index contributed by atoms with van der Waals surface area (Å²) in [7, 11) is 0. The minimum Gasteiger partial charge on any atom is -0.310 e. The first-order valence-electron chi connectivity index (χ1n) is 7.33. The Morgan fingerprint density at radius 3 is 3.10 bits per heavy atom. The molecule has 1 atom stereocenters. The zero-order valence-corrected chi connectivity index (χ0v) is 13.2. The van der Waals surface area contributed by atoms with Crippen molar-refractivity contribution < 1.29 is 0 Å². The molecule has 0 fully saturated rings. The quantitative estimate of drug-likeness (QED) is 0.759. The predicted molar refractivity (Wildman–Crippen MR) is 86.8 cm³/mol. The summed E-state index contributed by atoms with van der Waals surface area (Å²) in [4.78, 5) is 10.0. The van der Waals surface area contributed by atoms with Gasteiger partial charge in [-0.3, -0.25) is 9.38 Å². The standard InChI is InChI=1S/C16H20N4S/c1-3-5-18-15(13-4-6-17-12(2)9-13)10-14-11-20-7-8-21-16(20)19-14/h4,6-9,11,15,18H,3,5,10H2,1-2H3. The zero-order valence-electron chi connectivity index (χ0n) is 12.4. The van der Waals surface area contributed by atoms with E-state index in [2.05, 4.69) is 51.5 Å². The molecule has 1 unspecified atom stereocenters. The summed E-state index contributed by atoms with van der Waals surface area (Å²) >= 11 is 1.67. The Bertz CT molecular complexity index is 687. The molecule has 0 aromatic carbocycles. The van der Waals surface area contributed by atoms with Gasteiger partial charge in [-0.1, -0.05) is 6.92 Å². The van der Waals surface area contributed by atoms with E-state index in [1.54, 1.807) is 11.3 Å². The SMILES string of the molecule is CCCNC(Cc1cn2ccsc2n1)c1ccnc(C)c1. The molecule has 110 valence electrons. The zero-order chi connectivity index (χ0) is 14.7. The van der Waals surface area contributed by atoms with E-state index < -0.39 is 0 Å². The topological polar surface area (TPSA) is 42.2 Å². The predicted octanol–water partition coefficient (Wildman–Crippen LogP) is 3.38. The Morgan fingerprint density at radius 2 is 2.33 bits per heavy atom. The summed E-state index contributed by atoms with van der Waals surface area (Å²) in [5.74, 6) is 0. The van der Waals surface area contributed by atoms with E-state index in [1.165, 1.54) is 5.56 Å². The van der Waals surface area contributed by atoms with Crippen LogP contribution in [-0.2, 0) is 6.42 Å². The van der Waals surface area contributed by atoms with E-state index in [9.17, 15) is 0 Å². The summed E-state index contributed by atoms with van der Waals surface area (Å²) < 4.78 is 2.09. The van der Waals surface area contributed by atoms with E-state index in [-0.39, 0.29) is 6.04 Å². The van der Waals surface area contributed by atoms with Crippen LogP contribution in [0.2, 0.25) is 0 Å². The van der Waals surface area contributed by atoms with Crippen molar-refractivity contribution in [2.24, 2.45) is 0 Å². The minimum absolute atomic E-state index is 0.288. The van der Waals surface area contributed by atoms with Gasteiger partial charge >= 0.3 is 0 Å². The van der Waals surface area contributed by atoms with Gasteiger partial charge in [0.2, 0.25) is 0 Å². The van der Waals surface area contributed by atoms with Gasteiger partial charge in [0.05, 0.1) is 5.69 Å². The second-order valence-corrected chi connectivity index (χ2v) is 6.14. The average molecular weight is 300 g/mol. The first-order chi connectivity index (χ1) is 10.3. The molecule has 0 saturated carbocycles. The molecular formula is C16H20N4S. The van der Waals surface area contributed by atoms with Gasteiger partial charge in [-0.25, -0.2) is 4.98 Å². The molecule has 4 nitrogen and oxygen atoms in total. The van der Waals surface area contributed by atoms with Crippen molar-refractivity contribution in [2.45, 2.75) is 32.7 Å². The summed E-state index contributed by atoms with van der Waals surface area (Å²) in [5, 5.41) is 5.68. The largest absolute Gasteiger partial charge is 0.310 e. The number of hydrogen-bond donors (Lipinski definition) is 1. The lowest BCUT2D eigenvalue weighted by molar-refractivity contribution is 0.524. The Balaban J connectivity index is 1.83. The van der Waals surface area contributed by atoms with Crippen LogP contribution >= 0.6 is 11.3 Å². The van der Waals surface area contributed by atoms with Crippen molar-refractivity contribution in [3.8, 4) is 0 Å². The summed E-state index contributed by atoms with van der Waals surface area (Å²) in [6.45, 7) is 5.23. The van der Waals surface area contributed by atoms with Crippen LogP contribution in [0.5, 0.6) is 0 Å². The van der Waals surface area contributed by atoms with E-state index in [1.807, 2.05) is 13.1 Å². The van der Waals surface area contributed by atoms with Gasteiger partial charge < -0.3 is 5.32 Å². The van der Waals surface area contributed by atoms with Crippen LogP contribution in [0.25, 0.3) is 4.96 Å². The third kappa shape index (κ3) is 3.31. The Kier molecular flexibility index (Phi) is 4.31. The molecule has 0 radical (unpaired) electrons. The fraction of sp³-hybridized carbons (Fsp3) is 0.375. The number of pyridine rings is 1. The Labute approximate surface area is 128 Å². The monoisotopic (exact) mass is 300 g/mol. The van der Waals surface area contributed by atoms with E-state index in [0.717, 1.165) is 35.7 Å². The van der Waals surface area contributed by atoms with Gasteiger partial charge in [-0.05, 0) is 37.6 Å². The van der Waals surface area contributed by atoms with E-state index in [0.29, 0.717) is 0 Å². The Hall–Kier alpha value is -1.72. The molecule has 3 heterocycles. The molecule has 21 heavy (non-hydrogen) atoms. The highest BCUT2D eigenvalue weighted by atomic mass is 32.1. The molecule has 3 aromatic rings. The molecule has 0 saturated heterocycles. The lowest BCUT2D eigenvalue weighted by Crippen LogP contribution is -2.24. The second kappa shape index (κ2) is 6.37. The molecule has 0 spiro atoms. The molecule has 1 N–H and O–H groups in total. The van der Waals surface area contributed by atoms with E-state index >= 15 is 0 Å². The van der Waals surface area contributed by atoms with Gasteiger partial charge in [-0.15, -0.1) is 11.3 Å². The molecule has 0 aliphatic heterocycles. The number of hydrogen-bond acceptors (Lipinski definition) is 4. The van der Waals surface area contributed by atoms with Crippen LogP contribution in [0.4, 0.5) is 0 Å². The van der Waals surface area contributed by atoms with Crippen LogP contribution in [0.1, 0.15) is 36.3 Å². The summed E-state index contributed by atoms with van der Waals surface area (Å²) in [6, 6.07) is 4.54. The van der Waals surface area contributed by atoms with Crippen LogP contribution in [0, 0.1) is 6.92 Å². The maximum Gasteiger partial charge on any atom is 0.193 e. The van der Waals surface area contributed by atoms with Gasteiger partial charge in [0.25, 0.3) is 0 Å². The summed E-state index contributed by atoms with van der Waals surface area (Å²) in [6.07, 6.45) is 8.09. The highest BCUT2D eigenvalue weighted by Crippen LogP contribution is 2.20. The molecule has 5 heteroatoms. The number of aromatic nitrogens is 3. The smallest absolute Gasteiger partial charge is 0.193 e. The fourth-order valence-electron chi connectivity index (χ4n) is 2.49. The van der Waals surface area contributed by atoms with Crippen LogP contribution in [-0.4, -0.2) is 20.9 Å². The van der Waals surface area contributed by atoms with Crippen LogP contribution in [0.3, 0.4) is 0 Å². The van der Waals surface area contributed by atoms with Gasteiger partial charge in [0, 0.05) is 42.1 Å². The van der Waals surface area contributed by atoms with E-state index in [4.69, 9.17) is 4.98 Å². The van der Waals surface area contributed by atoms with Crippen molar-refractivity contribution in [1.29, 1.82) is 0 Å². The number of aryl methyl sites for hydroxylation is 1. The number of imidazole rings is 1. The first kappa shape index (κ1) is 14.2. The number of nitrogens with zero attached hydrogens (tertiary/aromatic N) is 3. The van der Waals surface area contributed by atoms with Crippen molar-refractivity contribution in [1.82, 2.24) is 19.7 Å². The van der Waals surface area contributed by atoms with Crippen molar-refractivity contribution in [3.63, 3.8) is 0 Å². The minimum atomic E-state index is 0.288. The van der Waals surface area contributed by atoms with Gasteiger partial charge in [-0.2, -0.15) is 0 Å². The number of thiazole rings is 1. The molecule has 0 aliphatic rings. The first-order valence-corrected chi connectivity index (χ1v) is 8.21. The lowest BCUT2D eigenvalue weighted by atomic mass is 10.0. The van der Waals surface area contributed by atoms with Crippen molar-refractivity contribution in [3.05, 3.63) is 53.1 Å². The number of rotatable bonds is 6. The third-order valence-electron chi connectivity index (χ3n) is 3.52. The lowest BCUT2D eigenvalue weighted by Gasteiger charge is -2.18. The molecule has 3 rings (SSSR count). The maximum atomic E-state index is 4.69. The number of fused-ring (bicyclic) bond motifs is 1. The molecule has 0 amide bonds. The molecule has 0 bridgehead atoms. The normalized spacial score (nSPS) is 12.9. The highest BCUT2D eigenvalue weighted by molar-refractivity contribution is 7.15. The second-order valence-electron chi connectivity index (χ2n) is 5.27. The van der Waals surface area contributed by atoms with Gasteiger partial charge in [0.1, 0.15) is 0 Å². The fourth-order valence-corrected chi connectivity index (χ4v) is 3.21. The molecule has 3 aromatic heterocycles. The highest BCUT2D eigenvalue weighted by Gasteiger charge is 2.14. The number of nitrogens with one attached hydrogen (secondary N) is 1. The van der Waals surface area contributed by atoms with Gasteiger partial charge in [0.15, 0.2) is 4.96 Å². The molecule has 0 aliphatic carbocycles. The maximum absolute atomic E-state index is 4.69. The third-order valence-corrected chi connectivity index (χ3v) is 4.29. The molecular weight excluding hydrogens is 280 g/mol. The van der Waals surface area contributed by atoms with Crippen molar-refractivity contribution >= 4 is 16.3 Å². The van der Waals surface area contributed by atoms with Crippen LogP contribution in [0.15, 0.2) is 36.1 Å². The van der Waals surface area contributed by atoms with Crippen LogP contribution < -0.4 is 5.32 Å². The average Bonchev–Trinajstić information content (AvgIpc) is 3.04. The van der Waals surface area contributed by atoms with Crippen molar-refractivity contribution in [2.75, 3.05) is 6.54 Å². The Morgan fingerprint density at radius 1 is 1.43 bits per heavy atom. The summed E-state index contributed by atoms with van der Waals surface area (Å²) in [5.41, 5.74) is 3.47.